The van der Waals surface area contributed by atoms with Gasteiger partial charge in [-0.1, -0.05) is 55.8 Å². The van der Waals surface area contributed by atoms with E-state index in [0.717, 1.165) is 30.3 Å². The fourth-order valence-electron chi connectivity index (χ4n) is 3.11. The molecule has 0 spiro atoms. The lowest BCUT2D eigenvalue weighted by Crippen LogP contribution is -2.33. The molecule has 0 fully saturated rings. The molecular weight excluding hydrogens is 364 g/mol. The first-order chi connectivity index (χ1) is 11.2. The van der Waals surface area contributed by atoms with Crippen LogP contribution in [0.25, 0.3) is 11.0 Å². The van der Waals surface area contributed by atoms with E-state index in [0.29, 0.717) is 6.54 Å². The Hall–Kier alpha value is -1.94. The Morgan fingerprint density at radius 1 is 1.04 bits per heavy atom. The largest absolute Gasteiger partial charge is 0.290 e. The Labute approximate surface area is 153 Å². The van der Waals surface area contributed by atoms with E-state index in [4.69, 9.17) is 0 Å². The number of carbonyl (C=O) groups is 1. The maximum atomic E-state index is 12.7. The van der Waals surface area contributed by atoms with Gasteiger partial charge in [-0.25, -0.2) is 9.13 Å². The molecule has 0 aliphatic carbocycles. The van der Waals surface area contributed by atoms with Gasteiger partial charge in [0.05, 0.1) is 7.05 Å². The SMILES string of the molecule is Br.CCCCc1n(CC(=O)c2ccccc2)c2ccccc2[n+]1C. The molecule has 1 heterocycles. The van der Waals surface area contributed by atoms with E-state index in [1.54, 1.807) is 0 Å². The van der Waals surface area contributed by atoms with E-state index in [-0.39, 0.29) is 22.8 Å². The highest BCUT2D eigenvalue weighted by atomic mass is 79.9. The number of hydrogen-bond acceptors (Lipinski definition) is 1. The van der Waals surface area contributed by atoms with E-state index in [2.05, 4.69) is 41.3 Å². The summed E-state index contributed by atoms with van der Waals surface area (Å²) in [7, 11) is 2.09. The van der Waals surface area contributed by atoms with Crippen LogP contribution in [0.2, 0.25) is 0 Å². The summed E-state index contributed by atoms with van der Waals surface area (Å²) in [5.41, 5.74) is 3.08. The van der Waals surface area contributed by atoms with Crippen LogP contribution in [0.3, 0.4) is 0 Å². The molecule has 0 aliphatic heterocycles. The fourth-order valence-corrected chi connectivity index (χ4v) is 3.11. The number of ketones is 1. The molecular formula is C20H24BrN2O+. The number of rotatable bonds is 6. The van der Waals surface area contributed by atoms with Gasteiger partial charge in [-0.15, -0.1) is 17.0 Å². The monoisotopic (exact) mass is 387 g/mol. The second-order valence-corrected chi connectivity index (χ2v) is 5.94. The summed E-state index contributed by atoms with van der Waals surface area (Å²) < 4.78 is 4.41. The smallest absolute Gasteiger partial charge is 0.257 e. The van der Waals surface area contributed by atoms with Crippen LogP contribution in [0.1, 0.15) is 35.9 Å². The Morgan fingerprint density at radius 3 is 2.42 bits per heavy atom. The van der Waals surface area contributed by atoms with Crippen molar-refractivity contribution in [2.45, 2.75) is 32.7 Å². The molecule has 4 heteroatoms. The molecule has 0 amide bonds. The van der Waals surface area contributed by atoms with Crippen molar-refractivity contribution >= 4 is 33.8 Å². The number of carbonyl (C=O) groups excluding carboxylic acids is 1. The van der Waals surface area contributed by atoms with Crippen molar-refractivity contribution in [2.75, 3.05) is 0 Å². The molecule has 3 rings (SSSR count). The van der Waals surface area contributed by atoms with Gasteiger partial charge in [0.1, 0.15) is 0 Å². The first-order valence-corrected chi connectivity index (χ1v) is 8.26. The summed E-state index contributed by atoms with van der Waals surface area (Å²) in [4.78, 5) is 12.7. The number of para-hydroxylation sites is 2. The quantitative estimate of drug-likeness (QED) is 0.458. The zero-order chi connectivity index (χ0) is 16.2. The van der Waals surface area contributed by atoms with Crippen molar-refractivity contribution in [1.29, 1.82) is 0 Å². The molecule has 0 N–H and O–H groups in total. The first kappa shape index (κ1) is 18.4. The molecule has 0 atom stereocenters. The molecule has 0 saturated heterocycles. The van der Waals surface area contributed by atoms with Crippen molar-refractivity contribution in [3.8, 4) is 0 Å². The second-order valence-electron chi connectivity index (χ2n) is 5.94. The normalized spacial score (nSPS) is 10.6. The van der Waals surface area contributed by atoms with Gasteiger partial charge < -0.3 is 0 Å². The van der Waals surface area contributed by atoms with Gasteiger partial charge in [0.2, 0.25) is 5.78 Å². The van der Waals surface area contributed by atoms with Crippen LogP contribution in [0.4, 0.5) is 0 Å². The van der Waals surface area contributed by atoms with Crippen LogP contribution in [-0.4, -0.2) is 10.4 Å². The Balaban J connectivity index is 0.00000208. The lowest BCUT2D eigenvalue weighted by Gasteiger charge is -2.03. The number of halogens is 1. The predicted molar refractivity (Wildman–Crippen MR) is 103 cm³/mol. The number of aryl methyl sites for hydroxylation is 1. The van der Waals surface area contributed by atoms with E-state index >= 15 is 0 Å². The minimum absolute atomic E-state index is 0. The highest BCUT2D eigenvalue weighted by molar-refractivity contribution is 8.93. The van der Waals surface area contributed by atoms with Gasteiger partial charge in [0.15, 0.2) is 17.6 Å². The summed E-state index contributed by atoms with van der Waals surface area (Å²) in [6.07, 6.45) is 3.27. The van der Waals surface area contributed by atoms with E-state index in [1.165, 1.54) is 11.3 Å². The van der Waals surface area contributed by atoms with E-state index in [1.807, 2.05) is 36.4 Å². The molecule has 3 nitrogen and oxygen atoms in total. The summed E-state index contributed by atoms with van der Waals surface area (Å²) in [5, 5.41) is 0. The van der Waals surface area contributed by atoms with Gasteiger partial charge in [-0.3, -0.25) is 4.79 Å². The third-order valence-corrected chi connectivity index (χ3v) is 4.38. The zero-order valence-electron chi connectivity index (χ0n) is 14.2. The molecule has 0 saturated carbocycles. The van der Waals surface area contributed by atoms with Crippen molar-refractivity contribution in [3.05, 3.63) is 66.0 Å². The van der Waals surface area contributed by atoms with Crippen molar-refractivity contribution in [3.63, 3.8) is 0 Å². The second kappa shape index (κ2) is 8.25. The van der Waals surface area contributed by atoms with Gasteiger partial charge in [-0.05, 0) is 18.6 Å². The molecule has 2 aromatic carbocycles. The fraction of sp³-hybridized carbons (Fsp3) is 0.300. The summed E-state index contributed by atoms with van der Waals surface area (Å²) in [6.45, 7) is 2.59. The zero-order valence-corrected chi connectivity index (χ0v) is 15.9. The van der Waals surface area contributed by atoms with Gasteiger partial charge in [0, 0.05) is 12.0 Å². The Kier molecular flexibility index (Phi) is 6.32. The van der Waals surface area contributed by atoms with Crippen molar-refractivity contribution in [2.24, 2.45) is 7.05 Å². The summed E-state index contributed by atoms with van der Waals surface area (Å²) in [5.74, 6) is 1.38. The highest BCUT2D eigenvalue weighted by Crippen LogP contribution is 2.17. The molecule has 24 heavy (non-hydrogen) atoms. The maximum absolute atomic E-state index is 12.7. The number of unbranched alkanes of at least 4 members (excludes halogenated alkanes) is 1. The number of nitrogens with zero attached hydrogens (tertiary/aromatic N) is 2. The van der Waals surface area contributed by atoms with Crippen LogP contribution < -0.4 is 4.57 Å². The third kappa shape index (κ3) is 3.59. The van der Waals surface area contributed by atoms with Gasteiger partial charge in [0.25, 0.3) is 5.82 Å². The number of imidazole rings is 1. The average Bonchev–Trinajstić information content (AvgIpc) is 2.86. The minimum Gasteiger partial charge on any atom is -0.290 e. The van der Waals surface area contributed by atoms with E-state index < -0.39 is 0 Å². The average molecular weight is 388 g/mol. The van der Waals surface area contributed by atoms with Crippen LogP contribution in [0.15, 0.2) is 54.6 Å². The molecule has 0 aliphatic rings. The van der Waals surface area contributed by atoms with Crippen LogP contribution in [0.5, 0.6) is 0 Å². The minimum atomic E-state index is 0. The predicted octanol–water partition coefficient (Wildman–Crippen LogP) is 4.27. The van der Waals surface area contributed by atoms with Crippen LogP contribution in [-0.2, 0) is 20.0 Å². The van der Waals surface area contributed by atoms with Crippen molar-refractivity contribution < 1.29 is 9.36 Å². The van der Waals surface area contributed by atoms with Gasteiger partial charge in [-0.2, -0.15) is 0 Å². The topological polar surface area (TPSA) is 25.9 Å². The van der Waals surface area contributed by atoms with Gasteiger partial charge >= 0.3 is 0 Å². The van der Waals surface area contributed by atoms with E-state index in [9.17, 15) is 4.79 Å². The lowest BCUT2D eigenvalue weighted by atomic mass is 10.1. The van der Waals surface area contributed by atoms with Crippen LogP contribution >= 0.6 is 17.0 Å². The molecule has 0 unspecified atom stereocenters. The highest BCUT2D eigenvalue weighted by Gasteiger charge is 2.24. The molecule has 126 valence electrons. The number of fused-ring (bicyclic) bond motifs is 1. The Bertz CT molecular complexity index is 824. The summed E-state index contributed by atoms with van der Waals surface area (Å²) in [6, 6.07) is 17.9. The summed E-state index contributed by atoms with van der Waals surface area (Å²) >= 11 is 0. The number of Topliss-reactive ketones (excluding diaryl/α,β-unsaturated/α-hetero) is 1. The number of aromatic nitrogens is 2. The molecule has 3 aromatic rings. The molecule has 0 bridgehead atoms. The third-order valence-electron chi connectivity index (χ3n) is 4.38. The maximum Gasteiger partial charge on any atom is 0.257 e. The lowest BCUT2D eigenvalue weighted by molar-refractivity contribution is -0.654. The molecule has 1 aromatic heterocycles. The first-order valence-electron chi connectivity index (χ1n) is 8.26. The van der Waals surface area contributed by atoms with Crippen LogP contribution in [0, 0.1) is 0 Å². The Morgan fingerprint density at radius 2 is 1.71 bits per heavy atom. The number of hydrogen-bond donors (Lipinski definition) is 0. The van der Waals surface area contributed by atoms with Crippen molar-refractivity contribution in [1.82, 2.24) is 4.57 Å². The number of benzene rings is 2. The molecule has 0 radical (unpaired) electrons. The standard InChI is InChI=1S/C20H23N2O.BrH/c1-3-4-14-20-21(2)17-12-8-9-13-18(17)22(20)15-19(23)16-10-6-5-7-11-16;/h5-13H,3-4,14-15H2,1-2H3;1H/q+1;.